The first kappa shape index (κ1) is 10.6. The normalized spacial score (nSPS) is 16.3. The first-order valence-electron chi connectivity index (χ1n) is 5.61. The molecule has 0 unspecified atom stereocenters. The number of rotatable bonds is 1. The van der Waals surface area contributed by atoms with Gasteiger partial charge in [0, 0.05) is 12.8 Å². The van der Waals surface area contributed by atoms with Crippen molar-refractivity contribution in [2.24, 2.45) is 0 Å². The Morgan fingerprint density at radius 1 is 1.07 bits per heavy atom. The standard InChI is InChI=1S/C13H18OSi/c1-15(2,3)13-7-5-10-4-6-12(14)8-11(10)9-13/h5,7,9H,4,6,8H2,1-3H3. The van der Waals surface area contributed by atoms with Crippen molar-refractivity contribution >= 4 is 19.0 Å². The molecular weight excluding hydrogens is 200 g/mol. The van der Waals surface area contributed by atoms with Gasteiger partial charge in [-0.05, 0) is 17.5 Å². The van der Waals surface area contributed by atoms with Crippen molar-refractivity contribution in [3.8, 4) is 0 Å². The van der Waals surface area contributed by atoms with Crippen molar-refractivity contribution in [1.29, 1.82) is 0 Å². The monoisotopic (exact) mass is 218 g/mol. The van der Waals surface area contributed by atoms with E-state index in [9.17, 15) is 4.79 Å². The quantitative estimate of drug-likeness (QED) is 0.661. The van der Waals surface area contributed by atoms with Crippen LogP contribution in [0, 0.1) is 0 Å². The maximum atomic E-state index is 11.4. The number of aryl methyl sites for hydroxylation is 1. The van der Waals surface area contributed by atoms with Gasteiger partial charge in [-0.25, -0.2) is 0 Å². The van der Waals surface area contributed by atoms with Crippen molar-refractivity contribution in [3.63, 3.8) is 0 Å². The Labute approximate surface area is 92.5 Å². The lowest BCUT2D eigenvalue weighted by Gasteiger charge is -2.21. The number of hydrogen-bond acceptors (Lipinski definition) is 1. The van der Waals surface area contributed by atoms with E-state index in [0.29, 0.717) is 12.2 Å². The molecule has 0 N–H and O–H groups in total. The molecule has 2 rings (SSSR count). The van der Waals surface area contributed by atoms with E-state index in [0.717, 1.165) is 12.8 Å². The highest BCUT2D eigenvalue weighted by molar-refractivity contribution is 6.88. The highest BCUT2D eigenvalue weighted by atomic mass is 28.3. The fourth-order valence-electron chi connectivity index (χ4n) is 2.08. The molecule has 2 heteroatoms. The maximum Gasteiger partial charge on any atom is 0.137 e. The van der Waals surface area contributed by atoms with Crippen LogP contribution in [0.3, 0.4) is 0 Å². The molecule has 0 aromatic heterocycles. The highest BCUT2D eigenvalue weighted by Gasteiger charge is 2.20. The summed E-state index contributed by atoms with van der Waals surface area (Å²) in [6, 6.07) is 6.77. The van der Waals surface area contributed by atoms with Crippen LogP contribution in [-0.2, 0) is 17.6 Å². The smallest absolute Gasteiger partial charge is 0.137 e. The van der Waals surface area contributed by atoms with Crippen LogP contribution in [-0.4, -0.2) is 13.9 Å². The number of Topliss-reactive ketones (excluding diaryl/α,β-unsaturated/α-hetero) is 1. The van der Waals surface area contributed by atoms with E-state index in [2.05, 4.69) is 37.8 Å². The molecule has 0 amide bonds. The SMILES string of the molecule is C[Si](C)(C)c1ccc2c(c1)CC(=O)CC2. The van der Waals surface area contributed by atoms with Crippen molar-refractivity contribution in [2.75, 3.05) is 0 Å². The van der Waals surface area contributed by atoms with E-state index in [1.54, 1.807) is 0 Å². The second-order valence-electron chi connectivity index (χ2n) is 5.45. The molecule has 0 heterocycles. The Kier molecular flexibility index (Phi) is 2.55. The Bertz CT molecular complexity index is 401. The number of carbonyl (C=O) groups is 1. The average molecular weight is 218 g/mol. The number of ketones is 1. The molecule has 0 spiro atoms. The Morgan fingerprint density at radius 2 is 1.80 bits per heavy atom. The fraction of sp³-hybridized carbons (Fsp3) is 0.462. The molecule has 1 nitrogen and oxygen atoms in total. The van der Waals surface area contributed by atoms with Gasteiger partial charge < -0.3 is 0 Å². The van der Waals surface area contributed by atoms with Crippen LogP contribution in [0.15, 0.2) is 18.2 Å². The van der Waals surface area contributed by atoms with Gasteiger partial charge in [0.2, 0.25) is 0 Å². The second kappa shape index (κ2) is 3.60. The minimum atomic E-state index is -1.23. The summed E-state index contributed by atoms with van der Waals surface area (Å²) in [6.07, 6.45) is 2.34. The molecule has 80 valence electrons. The lowest BCUT2D eigenvalue weighted by atomic mass is 9.91. The summed E-state index contributed by atoms with van der Waals surface area (Å²) >= 11 is 0. The molecular formula is C13H18OSi. The van der Waals surface area contributed by atoms with Gasteiger partial charge in [-0.2, -0.15) is 0 Å². The first-order chi connectivity index (χ1) is 6.97. The third-order valence-corrected chi connectivity index (χ3v) is 5.18. The van der Waals surface area contributed by atoms with Crippen molar-refractivity contribution in [1.82, 2.24) is 0 Å². The molecule has 1 aliphatic rings. The molecule has 0 radical (unpaired) electrons. The highest BCUT2D eigenvalue weighted by Crippen LogP contribution is 2.19. The van der Waals surface area contributed by atoms with E-state index in [1.807, 2.05) is 0 Å². The van der Waals surface area contributed by atoms with Gasteiger partial charge in [-0.1, -0.05) is 43.0 Å². The third-order valence-electron chi connectivity index (χ3n) is 3.13. The Balaban J connectivity index is 2.41. The molecule has 15 heavy (non-hydrogen) atoms. The summed E-state index contributed by atoms with van der Waals surface area (Å²) < 4.78 is 0. The Hall–Kier alpha value is -0.893. The lowest BCUT2D eigenvalue weighted by Crippen LogP contribution is -2.38. The minimum Gasteiger partial charge on any atom is -0.299 e. The van der Waals surface area contributed by atoms with Crippen molar-refractivity contribution in [3.05, 3.63) is 29.3 Å². The maximum absolute atomic E-state index is 11.4. The summed E-state index contributed by atoms with van der Waals surface area (Å²) in [4.78, 5) is 11.4. The van der Waals surface area contributed by atoms with Crippen LogP contribution in [0.25, 0.3) is 0 Å². The van der Waals surface area contributed by atoms with Crippen LogP contribution >= 0.6 is 0 Å². The van der Waals surface area contributed by atoms with Gasteiger partial charge in [0.05, 0.1) is 8.07 Å². The lowest BCUT2D eigenvalue weighted by molar-refractivity contribution is -0.118. The molecule has 0 saturated heterocycles. The van der Waals surface area contributed by atoms with Gasteiger partial charge in [-0.15, -0.1) is 0 Å². The van der Waals surface area contributed by atoms with Gasteiger partial charge >= 0.3 is 0 Å². The summed E-state index contributed by atoms with van der Waals surface area (Å²) in [5, 5.41) is 1.47. The van der Waals surface area contributed by atoms with E-state index in [4.69, 9.17) is 0 Å². The predicted molar refractivity (Wildman–Crippen MR) is 66.5 cm³/mol. The topological polar surface area (TPSA) is 17.1 Å². The van der Waals surface area contributed by atoms with Crippen LogP contribution < -0.4 is 5.19 Å². The summed E-state index contributed by atoms with van der Waals surface area (Å²) in [6.45, 7) is 7.04. The summed E-state index contributed by atoms with van der Waals surface area (Å²) in [7, 11) is -1.23. The van der Waals surface area contributed by atoms with Gasteiger partial charge in [-0.3, -0.25) is 4.79 Å². The number of benzene rings is 1. The fourth-order valence-corrected chi connectivity index (χ4v) is 3.27. The summed E-state index contributed by atoms with van der Waals surface area (Å²) in [5.41, 5.74) is 2.67. The number of fused-ring (bicyclic) bond motifs is 1. The zero-order valence-corrected chi connectivity index (χ0v) is 10.8. The van der Waals surface area contributed by atoms with E-state index < -0.39 is 8.07 Å². The van der Waals surface area contributed by atoms with E-state index in [-0.39, 0.29) is 0 Å². The van der Waals surface area contributed by atoms with Gasteiger partial charge in [0.15, 0.2) is 0 Å². The minimum absolute atomic E-state index is 0.398. The molecule has 1 aromatic carbocycles. The zero-order chi connectivity index (χ0) is 11.1. The molecule has 0 aliphatic heterocycles. The molecule has 1 aromatic rings. The van der Waals surface area contributed by atoms with E-state index >= 15 is 0 Å². The number of hydrogen-bond donors (Lipinski definition) is 0. The molecule has 0 fully saturated rings. The van der Waals surface area contributed by atoms with Crippen molar-refractivity contribution in [2.45, 2.75) is 38.9 Å². The Morgan fingerprint density at radius 3 is 2.47 bits per heavy atom. The largest absolute Gasteiger partial charge is 0.299 e. The van der Waals surface area contributed by atoms with Gasteiger partial charge in [0.1, 0.15) is 5.78 Å². The average Bonchev–Trinajstić information content (AvgIpc) is 2.15. The van der Waals surface area contributed by atoms with E-state index in [1.165, 1.54) is 16.3 Å². The van der Waals surface area contributed by atoms with Crippen LogP contribution in [0.2, 0.25) is 19.6 Å². The molecule has 0 bridgehead atoms. The number of carbonyl (C=O) groups excluding carboxylic acids is 1. The van der Waals surface area contributed by atoms with Crippen molar-refractivity contribution < 1.29 is 4.79 Å². The first-order valence-corrected chi connectivity index (χ1v) is 9.11. The van der Waals surface area contributed by atoms with Crippen LogP contribution in [0.1, 0.15) is 17.5 Å². The predicted octanol–water partition coefficient (Wildman–Crippen LogP) is 2.29. The summed E-state index contributed by atoms with van der Waals surface area (Å²) in [5.74, 6) is 0.398. The zero-order valence-electron chi connectivity index (χ0n) is 9.76. The molecule has 0 saturated carbocycles. The van der Waals surface area contributed by atoms with Crippen LogP contribution in [0.4, 0.5) is 0 Å². The van der Waals surface area contributed by atoms with Gasteiger partial charge in [0.25, 0.3) is 0 Å². The second-order valence-corrected chi connectivity index (χ2v) is 10.5. The molecule has 0 atom stereocenters. The molecule has 1 aliphatic carbocycles. The van der Waals surface area contributed by atoms with Crippen LogP contribution in [0.5, 0.6) is 0 Å². The third kappa shape index (κ3) is 2.20.